The van der Waals surface area contributed by atoms with Gasteiger partial charge in [0.05, 0.1) is 5.56 Å². The second-order valence-electron chi connectivity index (χ2n) is 9.13. The molecular formula is C26H27F2N5O2. The lowest BCUT2D eigenvalue weighted by atomic mass is 10.0. The van der Waals surface area contributed by atoms with Gasteiger partial charge < -0.3 is 21.1 Å². The van der Waals surface area contributed by atoms with Gasteiger partial charge in [-0.1, -0.05) is 6.07 Å². The van der Waals surface area contributed by atoms with Gasteiger partial charge in [0.15, 0.2) is 11.6 Å². The van der Waals surface area contributed by atoms with Crippen molar-refractivity contribution in [2.24, 2.45) is 0 Å². The lowest BCUT2D eigenvalue weighted by Gasteiger charge is -2.18. The van der Waals surface area contributed by atoms with Crippen LogP contribution in [0.2, 0.25) is 0 Å². The molecule has 1 saturated heterocycles. The Morgan fingerprint density at radius 2 is 2.03 bits per heavy atom. The molecule has 1 aromatic heterocycles. The number of ether oxygens (including phenoxy) is 1. The molecular weight excluding hydrogens is 452 g/mol. The fourth-order valence-electron chi connectivity index (χ4n) is 4.44. The maximum absolute atomic E-state index is 14.7. The number of hydrogen-bond acceptors (Lipinski definition) is 6. The van der Waals surface area contributed by atoms with Crippen LogP contribution in [0.25, 0.3) is 11.3 Å². The third-order valence-corrected chi connectivity index (χ3v) is 6.58. The van der Waals surface area contributed by atoms with Crippen molar-refractivity contribution in [1.29, 1.82) is 0 Å². The molecule has 0 bridgehead atoms. The first-order valence-corrected chi connectivity index (χ1v) is 11.8. The SMILES string of the molecule is Cc1c(NC(=O)c2ccc(C3CC3)cc2F)cc(F)cc1-c1ncnc(N)c1OC[C@@H]1CCCN1. The first-order chi connectivity index (χ1) is 16.9. The second-order valence-corrected chi connectivity index (χ2v) is 9.13. The summed E-state index contributed by atoms with van der Waals surface area (Å²) in [6, 6.07) is 7.34. The molecule has 1 atom stereocenters. The third kappa shape index (κ3) is 4.95. The van der Waals surface area contributed by atoms with Gasteiger partial charge in [-0.05, 0) is 80.5 Å². The number of hydrogen-bond donors (Lipinski definition) is 3. The Bertz CT molecular complexity index is 1270. The van der Waals surface area contributed by atoms with E-state index in [2.05, 4.69) is 20.6 Å². The topological polar surface area (TPSA) is 102 Å². The minimum absolute atomic E-state index is 0.0982. The minimum atomic E-state index is -0.657. The number of nitrogen functional groups attached to an aromatic ring is 1. The van der Waals surface area contributed by atoms with Crippen LogP contribution in [0.1, 0.15) is 53.1 Å². The van der Waals surface area contributed by atoms with E-state index in [1.54, 1.807) is 13.0 Å². The number of carbonyl (C=O) groups excluding carboxylic acids is 1. The molecule has 4 N–H and O–H groups in total. The van der Waals surface area contributed by atoms with Gasteiger partial charge in [-0.3, -0.25) is 4.79 Å². The van der Waals surface area contributed by atoms with Gasteiger partial charge in [0.1, 0.15) is 30.3 Å². The average molecular weight is 480 g/mol. The summed E-state index contributed by atoms with van der Waals surface area (Å²) in [6.45, 7) is 3.02. The zero-order valence-electron chi connectivity index (χ0n) is 19.4. The smallest absolute Gasteiger partial charge is 0.258 e. The molecule has 0 unspecified atom stereocenters. The zero-order chi connectivity index (χ0) is 24.5. The molecule has 182 valence electrons. The predicted molar refractivity (Wildman–Crippen MR) is 129 cm³/mol. The van der Waals surface area contributed by atoms with Crippen molar-refractivity contribution in [3.8, 4) is 17.0 Å². The van der Waals surface area contributed by atoms with Crippen LogP contribution in [0.15, 0.2) is 36.7 Å². The van der Waals surface area contributed by atoms with Crippen molar-refractivity contribution in [2.75, 3.05) is 24.2 Å². The number of nitrogens with zero attached hydrogens (tertiary/aromatic N) is 2. The number of benzene rings is 2. The van der Waals surface area contributed by atoms with Crippen LogP contribution in [-0.4, -0.2) is 35.1 Å². The molecule has 0 spiro atoms. The molecule has 5 rings (SSSR count). The van der Waals surface area contributed by atoms with E-state index >= 15 is 0 Å². The monoisotopic (exact) mass is 479 g/mol. The van der Waals surface area contributed by atoms with Crippen LogP contribution >= 0.6 is 0 Å². The number of nitrogens with two attached hydrogens (primary N) is 1. The number of rotatable bonds is 7. The van der Waals surface area contributed by atoms with Crippen LogP contribution in [0, 0.1) is 18.6 Å². The average Bonchev–Trinajstić information content (AvgIpc) is 3.55. The van der Waals surface area contributed by atoms with Crippen molar-refractivity contribution in [1.82, 2.24) is 15.3 Å². The number of nitrogens with one attached hydrogen (secondary N) is 2. The largest absolute Gasteiger partial charge is 0.486 e. The first-order valence-electron chi connectivity index (χ1n) is 11.8. The maximum Gasteiger partial charge on any atom is 0.258 e. The van der Waals surface area contributed by atoms with E-state index in [4.69, 9.17) is 10.5 Å². The predicted octanol–water partition coefficient (Wildman–Crippen LogP) is 4.57. The Morgan fingerprint density at radius 1 is 1.20 bits per heavy atom. The van der Waals surface area contributed by atoms with Crippen molar-refractivity contribution in [2.45, 2.75) is 44.6 Å². The number of amides is 1. The van der Waals surface area contributed by atoms with Crippen molar-refractivity contribution >= 4 is 17.4 Å². The van der Waals surface area contributed by atoms with E-state index in [0.29, 0.717) is 29.3 Å². The highest BCUT2D eigenvalue weighted by Gasteiger charge is 2.26. The Morgan fingerprint density at radius 3 is 2.74 bits per heavy atom. The van der Waals surface area contributed by atoms with Crippen LogP contribution in [0.3, 0.4) is 0 Å². The molecule has 1 amide bonds. The van der Waals surface area contributed by atoms with Crippen LogP contribution in [-0.2, 0) is 0 Å². The highest BCUT2D eigenvalue weighted by Crippen LogP contribution is 2.40. The van der Waals surface area contributed by atoms with Gasteiger partial charge in [0.2, 0.25) is 0 Å². The summed E-state index contributed by atoms with van der Waals surface area (Å²) in [5.41, 5.74) is 8.34. The minimum Gasteiger partial charge on any atom is -0.486 e. The highest BCUT2D eigenvalue weighted by atomic mass is 19.1. The van der Waals surface area contributed by atoms with E-state index in [1.807, 2.05) is 0 Å². The molecule has 9 heteroatoms. The van der Waals surface area contributed by atoms with Gasteiger partial charge >= 0.3 is 0 Å². The van der Waals surface area contributed by atoms with Gasteiger partial charge in [-0.25, -0.2) is 18.7 Å². The molecule has 2 aliphatic rings. The molecule has 1 aliphatic carbocycles. The highest BCUT2D eigenvalue weighted by molar-refractivity contribution is 6.05. The number of carbonyl (C=O) groups is 1. The number of anilines is 2. The van der Waals surface area contributed by atoms with E-state index in [-0.39, 0.29) is 28.9 Å². The normalized spacial score (nSPS) is 17.4. The molecule has 1 saturated carbocycles. The van der Waals surface area contributed by atoms with E-state index < -0.39 is 17.5 Å². The Hall–Kier alpha value is -3.59. The number of aromatic nitrogens is 2. The molecule has 2 heterocycles. The summed E-state index contributed by atoms with van der Waals surface area (Å²) in [5, 5.41) is 5.99. The molecule has 1 aliphatic heterocycles. The van der Waals surface area contributed by atoms with Gasteiger partial charge in [0, 0.05) is 17.3 Å². The first kappa shape index (κ1) is 23.2. The maximum atomic E-state index is 14.7. The zero-order valence-corrected chi connectivity index (χ0v) is 19.4. The van der Waals surface area contributed by atoms with E-state index in [0.717, 1.165) is 37.8 Å². The standard InChI is InChI=1S/C26H27F2N5O2/c1-14-20(23-24(25(29)32-13-31-23)35-12-18-3-2-8-30-18)10-17(27)11-22(14)33-26(34)19-7-6-16(9-21(19)28)15-4-5-15/h6-7,9-11,13,15,18,30H,2-5,8,12H2,1H3,(H,33,34)(H2,29,31,32)/t18-/m0/s1. The van der Waals surface area contributed by atoms with Gasteiger partial charge in [-0.15, -0.1) is 0 Å². The molecule has 7 nitrogen and oxygen atoms in total. The van der Waals surface area contributed by atoms with E-state index in [1.165, 1.54) is 30.6 Å². The van der Waals surface area contributed by atoms with Crippen molar-refractivity contribution in [3.63, 3.8) is 0 Å². The summed E-state index contributed by atoms with van der Waals surface area (Å²) in [4.78, 5) is 21.2. The van der Waals surface area contributed by atoms with Crippen molar-refractivity contribution in [3.05, 3.63) is 65.0 Å². The molecule has 2 aromatic carbocycles. The fourth-order valence-corrected chi connectivity index (χ4v) is 4.44. The van der Waals surface area contributed by atoms with Gasteiger partial charge in [0.25, 0.3) is 5.91 Å². The number of halogens is 2. The fraction of sp³-hybridized carbons (Fsp3) is 0.346. The summed E-state index contributed by atoms with van der Waals surface area (Å²) in [6.07, 6.45) is 5.40. The molecule has 0 radical (unpaired) electrons. The lowest BCUT2D eigenvalue weighted by molar-refractivity contribution is 0.102. The van der Waals surface area contributed by atoms with E-state index in [9.17, 15) is 13.6 Å². The molecule has 2 fully saturated rings. The molecule has 3 aromatic rings. The Kier molecular flexibility index (Phi) is 6.34. The summed E-state index contributed by atoms with van der Waals surface area (Å²) < 4.78 is 35.3. The Balaban J connectivity index is 1.43. The van der Waals surface area contributed by atoms with Crippen LogP contribution in [0.4, 0.5) is 20.3 Å². The summed E-state index contributed by atoms with van der Waals surface area (Å²) >= 11 is 0. The quantitative estimate of drug-likeness (QED) is 0.459. The van der Waals surface area contributed by atoms with Crippen molar-refractivity contribution < 1.29 is 18.3 Å². The lowest BCUT2D eigenvalue weighted by Crippen LogP contribution is -2.28. The van der Waals surface area contributed by atoms with Crippen LogP contribution < -0.4 is 21.1 Å². The molecule has 35 heavy (non-hydrogen) atoms. The van der Waals surface area contributed by atoms with Gasteiger partial charge in [-0.2, -0.15) is 0 Å². The third-order valence-electron chi connectivity index (χ3n) is 6.58. The second kappa shape index (κ2) is 9.58. The summed E-state index contributed by atoms with van der Waals surface area (Å²) in [7, 11) is 0. The summed E-state index contributed by atoms with van der Waals surface area (Å²) in [5.74, 6) is -1.08. The Labute approximate surface area is 202 Å². The van der Waals surface area contributed by atoms with Crippen LogP contribution in [0.5, 0.6) is 5.75 Å².